The molecule has 0 aromatic heterocycles. The molecule has 2 nitrogen and oxygen atoms in total. The predicted molar refractivity (Wildman–Crippen MR) is 49.8 cm³/mol. The van der Waals surface area contributed by atoms with E-state index in [0.717, 1.165) is 0 Å². The zero-order valence-corrected chi connectivity index (χ0v) is 8.87. The average molecular weight is 200 g/mol. The lowest BCUT2D eigenvalue weighted by Crippen LogP contribution is -2.10. The third kappa shape index (κ3) is 719000. The molecule has 4 heteroatoms. The Balaban J connectivity index is -0.0000000933. The highest BCUT2D eigenvalue weighted by atomic mass is 35.5. The van der Waals surface area contributed by atoms with Crippen LogP contribution in [0.15, 0.2) is 0 Å². The number of hydrogen-bond donors (Lipinski definition) is 1. The van der Waals surface area contributed by atoms with Crippen LogP contribution in [0.5, 0.6) is 0 Å². The highest BCUT2D eigenvalue weighted by Gasteiger charge is 1.97. The van der Waals surface area contributed by atoms with Gasteiger partial charge in [-0.25, -0.2) is 0 Å². The topological polar surface area (TPSA) is 44.0 Å². The molecule has 0 atom stereocenters. The lowest BCUT2D eigenvalue weighted by atomic mass is 10.2. The van der Waals surface area contributed by atoms with Gasteiger partial charge in [0.05, 0.1) is 17.0 Å². The first-order valence-electron chi connectivity index (χ1n) is 2.98. The Morgan fingerprint density at radius 1 is 1.36 bits per heavy atom. The highest BCUT2D eigenvalue weighted by Crippen LogP contribution is 1.93. The van der Waals surface area contributed by atoms with Crippen molar-refractivity contribution in [3.8, 4) is 6.07 Å². The summed E-state index contributed by atoms with van der Waals surface area (Å²) in [5.74, 6) is 0. The Morgan fingerprint density at radius 3 is 1.36 bits per heavy atom. The van der Waals surface area contributed by atoms with Gasteiger partial charge in [-0.05, 0) is 20.8 Å². The van der Waals surface area contributed by atoms with Crippen LogP contribution in [0, 0.1) is 11.3 Å². The van der Waals surface area contributed by atoms with Gasteiger partial charge in [-0.3, -0.25) is 0 Å². The molecule has 0 spiro atoms. The molecule has 0 heterocycles. The van der Waals surface area contributed by atoms with E-state index in [1.54, 1.807) is 26.8 Å². The molecule has 0 amide bonds. The van der Waals surface area contributed by atoms with E-state index in [9.17, 15) is 0 Å². The van der Waals surface area contributed by atoms with Gasteiger partial charge in [0.1, 0.15) is 0 Å². The fourth-order valence-corrected chi connectivity index (χ4v) is 0. The molecule has 0 aliphatic heterocycles. The van der Waals surface area contributed by atoms with E-state index in [-0.39, 0.29) is 5.34 Å². The second kappa shape index (κ2) is 12.7. The first-order chi connectivity index (χ1) is 4.83. The number of rotatable bonds is 0. The van der Waals surface area contributed by atoms with Crippen LogP contribution in [0.1, 0.15) is 27.7 Å². The van der Waals surface area contributed by atoms with Gasteiger partial charge >= 0.3 is 0 Å². The standard InChI is InChI=1S/C4H10O.C2H3N.CH2Cl2/c1-4(2,3)5;1-2-3;2-1-3/h5H,1-3H3;1H3;1H2. The van der Waals surface area contributed by atoms with E-state index in [0.29, 0.717) is 0 Å². The van der Waals surface area contributed by atoms with Gasteiger partial charge in [0.15, 0.2) is 0 Å². The molecule has 0 aliphatic carbocycles. The van der Waals surface area contributed by atoms with Gasteiger partial charge in [-0.1, -0.05) is 0 Å². The molecule has 0 aliphatic rings. The van der Waals surface area contributed by atoms with Crippen LogP contribution in [0.3, 0.4) is 0 Å². The van der Waals surface area contributed by atoms with E-state index in [4.69, 9.17) is 33.6 Å². The fraction of sp³-hybridized carbons (Fsp3) is 0.857. The van der Waals surface area contributed by atoms with Gasteiger partial charge in [0.2, 0.25) is 0 Å². The quantitative estimate of drug-likeness (QED) is 0.611. The number of nitriles is 1. The maximum Gasteiger partial charge on any atom is 0.0967 e. The van der Waals surface area contributed by atoms with Crippen LogP contribution in [0.2, 0.25) is 0 Å². The third-order valence-corrected chi connectivity index (χ3v) is 0. The number of aliphatic hydroxyl groups is 1. The first-order valence-corrected chi connectivity index (χ1v) is 4.05. The van der Waals surface area contributed by atoms with Crippen molar-refractivity contribution in [1.29, 1.82) is 5.26 Å². The average Bonchev–Trinajstić information content (AvgIpc) is 1.62. The second-order valence-electron chi connectivity index (χ2n) is 2.50. The summed E-state index contributed by atoms with van der Waals surface area (Å²) in [5, 5.41) is 16.0. The first kappa shape index (κ1) is 17.2. The van der Waals surface area contributed by atoms with Crippen molar-refractivity contribution >= 4 is 23.2 Å². The van der Waals surface area contributed by atoms with Crippen LogP contribution >= 0.6 is 23.2 Å². The molecule has 0 fully saturated rings. The van der Waals surface area contributed by atoms with Gasteiger partial charge in [0.25, 0.3) is 0 Å². The van der Waals surface area contributed by atoms with Crippen molar-refractivity contribution in [2.45, 2.75) is 33.3 Å². The van der Waals surface area contributed by atoms with Crippen molar-refractivity contribution in [3.05, 3.63) is 0 Å². The van der Waals surface area contributed by atoms with Crippen molar-refractivity contribution in [2.24, 2.45) is 0 Å². The second-order valence-corrected chi connectivity index (χ2v) is 3.30. The number of nitrogens with zero attached hydrogens (tertiary/aromatic N) is 1. The molecular formula is C7H15Cl2NO. The maximum atomic E-state index is 8.52. The zero-order chi connectivity index (χ0) is 9.91. The summed E-state index contributed by atoms with van der Waals surface area (Å²) < 4.78 is 0. The third-order valence-electron chi connectivity index (χ3n) is 0. The number of hydrogen-bond acceptors (Lipinski definition) is 2. The molecule has 0 bridgehead atoms. The van der Waals surface area contributed by atoms with E-state index in [1.165, 1.54) is 6.92 Å². The Bertz CT molecular complexity index is 87.6. The normalized spacial score (nSPS) is 7.82. The summed E-state index contributed by atoms with van der Waals surface area (Å²) in [4.78, 5) is 0. The molecule has 0 radical (unpaired) electrons. The minimum Gasteiger partial charge on any atom is -0.391 e. The van der Waals surface area contributed by atoms with Crippen LogP contribution in [0.4, 0.5) is 0 Å². The molecule has 68 valence electrons. The monoisotopic (exact) mass is 199 g/mol. The Kier molecular flexibility index (Phi) is 19.8. The fourth-order valence-electron chi connectivity index (χ4n) is 0. The van der Waals surface area contributed by atoms with Gasteiger partial charge in [-0.15, -0.1) is 23.2 Å². The van der Waals surface area contributed by atoms with E-state index < -0.39 is 5.60 Å². The molecular weight excluding hydrogens is 185 g/mol. The molecule has 0 rings (SSSR count). The van der Waals surface area contributed by atoms with Crippen molar-refractivity contribution in [2.75, 3.05) is 5.34 Å². The van der Waals surface area contributed by atoms with Gasteiger partial charge < -0.3 is 5.11 Å². The van der Waals surface area contributed by atoms with Crippen LogP contribution in [-0.2, 0) is 0 Å². The highest BCUT2D eigenvalue weighted by molar-refractivity contribution is 6.40. The summed E-state index contributed by atoms with van der Waals surface area (Å²) in [5.41, 5.74) is -0.500. The predicted octanol–water partition coefficient (Wildman–Crippen LogP) is 2.73. The van der Waals surface area contributed by atoms with Crippen molar-refractivity contribution in [1.82, 2.24) is 0 Å². The lowest BCUT2D eigenvalue weighted by molar-refractivity contribution is 0.102. The van der Waals surface area contributed by atoms with Crippen LogP contribution < -0.4 is 0 Å². The Morgan fingerprint density at radius 2 is 1.36 bits per heavy atom. The lowest BCUT2D eigenvalue weighted by Gasteiger charge is -2.04. The minimum atomic E-state index is -0.500. The molecule has 11 heavy (non-hydrogen) atoms. The van der Waals surface area contributed by atoms with E-state index >= 15 is 0 Å². The minimum absolute atomic E-state index is 0.194. The van der Waals surface area contributed by atoms with Crippen molar-refractivity contribution < 1.29 is 5.11 Å². The van der Waals surface area contributed by atoms with Crippen LogP contribution in [-0.4, -0.2) is 16.0 Å². The molecule has 0 saturated heterocycles. The summed E-state index contributed by atoms with van der Waals surface area (Å²) in [6.45, 7) is 6.66. The number of halogens is 2. The summed E-state index contributed by atoms with van der Waals surface area (Å²) in [6, 6.07) is 1.75. The molecule has 0 aromatic rings. The molecule has 0 saturated carbocycles. The van der Waals surface area contributed by atoms with Gasteiger partial charge in [0, 0.05) is 6.92 Å². The Hall–Kier alpha value is 0.0300. The number of alkyl halides is 2. The van der Waals surface area contributed by atoms with Crippen LogP contribution in [0.25, 0.3) is 0 Å². The summed E-state index contributed by atoms with van der Waals surface area (Å²) >= 11 is 9.53. The van der Waals surface area contributed by atoms with E-state index in [2.05, 4.69) is 0 Å². The zero-order valence-electron chi connectivity index (χ0n) is 7.36. The van der Waals surface area contributed by atoms with Crippen molar-refractivity contribution in [3.63, 3.8) is 0 Å². The Labute approximate surface area is 78.7 Å². The molecule has 0 unspecified atom stereocenters. The molecule has 0 aromatic carbocycles. The summed E-state index contributed by atoms with van der Waals surface area (Å²) in [6.07, 6.45) is 0. The van der Waals surface area contributed by atoms with Gasteiger partial charge in [-0.2, -0.15) is 5.26 Å². The largest absolute Gasteiger partial charge is 0.391 e. The maximum absolute atomic E-state index is 8.52. The van der Waals surface area contributed by atoms with E-state index in [1.807, 2.05) is 0 Å². The SMILES string of the molecule is CC#N.CC(C)(C)O.ClCCl. The molecule has 1 N–H and O–H groups in total. The smallest absolute Gasteiger partial charge is 0.0967 e. The summed E-state index contributed by atoms with van der Waals surface area (Å²) in [7, 11) is 0.